The molecule has 1 aromatic heterocycles. The molecule has 0 radical (unpaired) electrons. The van der Waals surface area contributed by atoms with Gasteiger partial charge in [-0.2, -0.15) is 0 Å². The van der Waals surface area contributed by atoms with Crippen molar-refractivity contribution in [2.75, 3.05) is 31.3 Å². The summed E-state index contributed by atoms with van der Waals surface area (Å²) in [5.41, 5.74) is 16.9. The van der Waals surface area contributed by atoms with Gasteiger partial charge in [0.05, 0.1) is 24.4 Å². The fourth-order valence-electron chi connectivity index (χ4n) is 19.6. The number of ether oxygens (including phenoxy) is 1. The summed E-state index contributed by atoms with van der Waals surface area (Å²) in [6, 6.07) is 28.2. The van der Waals surface area contributed by atoms with E-state index in [1.54, 1.807) is 21.6 Å². The number of allylic oxidation sites excluding steroid dienone is 3. The van der Waals surface area contributed by atoms with E-state index >= 15 is 0 Å². The van der Waals surface area contributed by atoms with Crippen LogP contribution in [0.1, 0.15) is 149 Å². The fraction of sp³-hybridized carbons (Fsp3) is 0.589. The zero-order valence-electron chi connectivity index (χ0n) is 50.3. The number of aliphatic hydroxyl groups excluding tert-OH is 6. The van der Waals surface area contributed by atoms with E-state index in [2.05, 4.69) is 102 Å². The minimum atomic E-state index is -1.08. The Hall–Kier alpha value is -4.62. The summed E-state index contributed by atoms with van der Waals surface area (Å²) in [6.07, 6.45) is 18.3. The maximum absolute atomic E-state index is 12.9. The zero-order chi connectivity index (χ0) is 59.3. The molecule has 2 aliphatic heterocycles. The molecular weight excluding hydrogens is 1110 g/mol. The highest BCUT2D eigenvalue weighted by Gasteiger charge is 2.61. The number of nitrogens with two attached hydrogens (primary N) is 1. The summed E-state index contributed by atoms with van der Waals surface area (Å²) >= 11 is 0. The van der Waals surface area contributed by atoms with Crippen molar-refractivity contribution in [3.05, 3.63) is 153 Å². The predicted octanol–water partition coefficient (Wildman–Crippen LogP) is 11.2. The molecule has 0 bridgehead atoms. The standard InChI is InChI=1S/C73H93N3O8S2/c1-2-44-28-49-32-64(81)66(84-67-33-50(29-52-16-10-26-75-52)54-20-27-76-70(74)61(54)43-86-85-42-51(40-77)69(67)83)35-56(49)58-34-65(82)68-47(31-55(44)58)19-25-71(37-53(79)17-18-63(68)80)38-59(45-12-4-3-5-13-45)57-30-46-14-6-7-15-48(46)36-73(39-60(57)62(71)41-78)24-11-23-72(73)21-8-9-22-72/h3-7,10,12-16,20,26,31-32,35,44,47,50-51,53,57-60,62-63,65,67-69,75-83H,2,8-9,11,17-18,21-24,27-30,33-34,36-43,74H2,1H3/t44-,47+,50+,51+,53-,57-,58+,59-,60+,62-,63+,65-,67-,68-,69-,71-,73+/m1/s1. The Morgan fingerprint density at radius 1 is 0.779 bits per heavy atom. The van der Waals surface area contributed by atoms with Crippen molar-refractivity contribution in [2.45, 2.75) is 171 Å². The number of hydrogen-bond donors (Lipinski definition) is 10. The lowest BCUT2D eigenvalue weighted by Crippen LogP contribution is -2.53. The molecule has 13 heteroatoms. The van der Waals surface area contributed by atoms with Crippen LogP contribution >= 0.6 is 21.6 Å². The number of aromatic amines is 1. The molecule has 0 amide bonds. The molecule has 11 nitrogen and oxygen atoms in total. The Morgan fingerprint density at radius 2 is 1.57 bits per heavy atom. The van der Waals surface area contributed by atoms with Gasteiger partial charge in [-0.05, 0) is 201 Å². The van der Waals surface area contributed by atoms with Crippen molar-refractivity contribution in [2.24, 2.45) is 69.3 Å². The summed E-state index contributed by atoms with van der Waals surface area (Å²) in [7, 11) is 3.26. The molecule has 0 unspecified atom stereocenters. The third-order valence-corrected chi connectivity index (χ3v) is 26.2. The van der Waals surface area contributed by atoms with E-state index in [0.717, 1.165) is 53.7 Å². The van der Waals surface area contributed by atoms with Gasteiger partial charge in [0, 0.05) is 83.7 Å². The van der Waals surface area contributed by atoms with Crippen molar-refractivity contribution in [1.29, 1.82) is 0 Å². The van der Waals surface area contributed by atoms with Crippen LogP contribution < -0.4 is 15.8 Å². The van der Waals surface area contributed by atoms with Gasteiger partial charge < -0.3 is 56.5 Å². The van der Waals surface area contributed by atoms with Crippen LogP contribution in [0.5, 0.6) is 11.5 Å². The lowest BCUT2D eigenvalue weighted by Gasteiger charge is -2.58. The molecule has 4 aromatic rings. The number of nitrogens with one attached hydrogen (secondary N) is 2. The molecular formula is C73H93N3O8S2. The molecule has 460 valence electrons. The maximum atomic E-state index is 12.9. The van der Waals surface area contributed by atoms with Gasteiger partial charge in [-0.25, -0.2) is 0 Å². The van der Waals surface area contributed by atoms with E-state index in [1.165, 1.54) is 67.2 Å². The van der Waals surface area contributed by atoms with E-state index < -0.39 is 53.7 Å². The van der Waals surface area contributed by atoms with Gasteiger partial charge in [0.15, 0.2) is 11.5 Å². The smallest absolute Gasteiger partial charge is 0.161 e. The Morgan fingerprint density at radius 3 is 2.35 bits per heavy atom. The van der Waals surface area contributed by atoms with E-state index in [-0.39, 0.29) is 77.0 Å². The van der Waals surface area contributed by atoms with E-state index in [9.17, 15) is 35.7 Å². The van der Waals surface area contributed by atoms with Crippen LogP contribution in [0.25, 0.3) is 0 Å². The van der Waals surface area contributed by atoms with Crippen molar-refractivity contribution in [3.8, 4) is 23.3 Å². The van der Waals surface area contributed by atoms with Crippen LogP contribution in [0.4, 0.5) is 0 Å². The minimum absolute atomic E-state index is 0.0185. The number of aliphatic hydroxyl groups is 6. The molecule has 3 saturated carbocycles. The molecule has 1 saturated heterocycles. The highest BCUT2D eigenvalue weighted by Crippen LogP contribution is 2.69. The average Bonchev–Trinajstić information content (AvgIpc) is 1.44. The second kappa shape index (κ2) is 25.3. The van der Waals surface area contributed by atoms with Gasteiger partial charge in [0.25, 0.3) is 0 Å². The molecule has 17 atom stereocenters. The predicted molar refractivity (Wildman–Crippen MR) is 343 cm³/mol. The normalized spacial score (nSPS) is 37.0. The number of phenolic OH excluding ortho intramolecular Hbond substituents is 1. The number of fused-ring (bicyclic) bond motifs is 8. The number of dihydropyridines is 1. The molecule has 9 aliphatic rings. The number of rotatable bonds is 8. The second-order valence-electron chi connectivity index (χ2n) is 28.1. The number of benzene rings is 3. The highest BCUT2D eigenvalue weighted by atomic mass is 33.1. The summed E-state index contributed by atoms with van der Waals surface area (Å²) in [6.45, 7) is 2.52. The monoisotopic (exact) mass is 1200 g/mol. The number of hydrogen-bond acceptors (Lipinski definition) is 12. The SMILES string of the molecule is CC[C@@H]1Cc2cc(O)c(O[C@@H]3C[C@H](Cc4ccc[nH]4)C4=CCNC(N)=C4CSSC[C@H](CO)[C@H]3O)cc2[C@H]2C[C@@H](O)[C@@H]3[C@@H](C#C[C@@]4(C[C@H](O)CC[C@@H]3O)C[C@H](c3ccccc3)[C@H]3Cc5ccccc5C[C@@]5(CCCC56CCCC6)C[C@@H]3[C@H]4CO)C=C12. The van der Waals surface area contributed by atoms with Crippen LogP contribution in [-0.2, 0) is 25.7 Å². The van der Waals surface area contributed by atoms with Crippen molar-refractivity contribution >= 4 is 21.6 Å². The van der Waals surface area contributed by atoms with Crippen molar-refractivity contribution in [3.63, 3.8) is 0 Å². The largest absolute Gasteiger partial charge is 0.504 e. The lowest BCUT2D eigenvalue weighted by molar-refractivity contribution is -0.0759. The fourth-order valence-corrected chi connectivity index (χ4v) is 22.1. The molecule has 3 aromatic carbocycles. The number of aromatic hydroxyl groups is 1. The number of aromatic nitrogens is 1. The van der Waals surface area contributed by atoms with Crippen LogP contribution in [0.15, 0.2) is 120 Å². The second-order valence-corrected chi connectivity index (χ2v) is 30.6. The number of H-pyrrole nitrogens is 1. The van der Waals surface area contributed by atoms with E-state index in [4.69, 9.17) is 10.5 Å². The lowest BCUT2D eigenvalue weighted by atomic mass is 9.46. The summed E-state index contributed by atoms with van der Waals surface area (Å²) in [5, 5.41) is 89.0. The van der Waals surface area contributed by atoms with E-state index in [0.29, 0.717) is 75.2 Å². The molecule has 7 aliphatic carbocycles. The molecule has 3 heterocycles. The third kappa shape index (κ3) is 11.3. The van der Waals surface area contributed by atoms with Crippen molar-refractivity contribution in [1.82, 2.24) is 10.3 Å². The highest BCUT2D eigenvalue weighted by molar-refractivity contribution is 8.76. The first-order chi connectivity index (χ1) is 41.8. The number of phenols is 1. The molecule has 4 fully saturated rings. The molecule has 11 N–H and O–H groups in total. The average molecular weight is 1200 g/mol. The van der Waals surface area contributed by atoms with Crippen LogP contribution in [0, 0.1) is 75.4 Å². The minimum Gasteiger partial charge on any atom is -0.504 e. The van der Waals surface area contributed by atoms with Crippen molar-refractivity contribution < 1.29 is 40.5 Å². The Labute approximate surface area is 518 Å². The summed E-state index contributed by atoms with van der Waals surface area (Å²) < 4.78 is 7.04. The van der Waals surface area contributed by atoms with Gasteiger partial charge in [-0.1, -0.05) is 132 Å². The van der Waals surface area contributed by atoms with Gasteiger partial charge in [-0.3, -0.25) is 0 Å². The van der Waals surface area contributed by atoms with Crippen LogP contribution in [0.3, 0.4) is 0 Å². The summed E-state index contributed by atoms with van der Waals surface area (Å²) in [4.78, 5) is 3.39. The van der Waals surface area contributed by atoms with Gasteiger partial charge in [-0.15, -0.1) is 0 Å². The van der Waals surface area contributed by atoms with Crippen LogP contribution in [-0.4, -0.2) is 103 Å². The Bertz CT molecular complexity index is 3200. The molecule has 86 heavy (non-hydrogen) atoms. The first-order valence-electron chi connectivity index (χ1n) is 32.9. The zero-order valence-corrected chi connectivity index (χ0v) is 51.9. The third-order valence-electron chi connectivity index (χ3n) is 23.8. The van der Waals surface area contributed by atoms with Crippen LogP contribution in [0.2, 0.25) is 0 Å². The van der Waals surface area contributed by atoms with Gasteiger partial charge >= 0.3 is 0 Å². The first-order valence-corrected chi connectivity index (χ1v) is 35.4. The van der Waals surface area contributed by atoms with Gasteiger partial charge in [0.2, 0.25) is 0 Å². The summed E-state index contributed by atoms with van der Waals surface area (Å²) in [5.74, 6) is 8.31. The van der Waals surface area contributed by atoms with E-state index in [1.807, 2.05) is 24.4 Å². The van der Waals surface area contributed by atoms with Gasteiger partial charge in [0.1, 0.15) is 11.9 Å². The topological polar surface area (TPSA) is 205 Å². The first kappa shape index (κ1) is 60.3. The Kier molecular flexibility index (Phi) is 17.8. The quantitative estimate of drug-likeness (QED) is 0.0455. The maximum Gasteiger partial charge on any atom is 0.161 e. The molecule has 13 rings (SSSR count). The Balaban J connectivity index is 0.896. The molecule has 3 spiro atoms.